The predicted octanol–water partition coefficient (Wildman–Crippen LogP) is 2.93. The standard InChI is InChI=1S/C20H21N5O/c26-20-15-4-1-2-5-16(15)23-19(24-20)17-6-3-9-25(17)12-13-10-21-18(22-11-13)14-7-8-14/h1-2,4-5,10-11,14,17H,3,6-9,12H2,(H,23,24,26). The van der Waals surface area contributed by atoms with Crippen molar-refractivity contribution in [3.63, 3.8) is 0 Å². The van der Waals surface area contributed by atoms with Crippen LogP contribution < -0.4 is 5.56 Å². The van der Waals surface area contributed by atoms with E-state index in [4.69, 9.17) is 4.98 Å². The molecular formula is C20H21N5O. The predicted molar refractivity (Wildman–Crippen MR) is 98.8 cm³/mol. The van der Waals surface area contributed by atoms with Gasteiger partial charge in [-0.1, -0.05) is 12.1 Å². The Morgan fingerprint density at radius 2 is 1.92 bits per heavy atom. The van der Waals surface area contributed by atoms with Gasteiger partial charge in [0.2, 0.25) is 0 Å². The molecule has 6 heteroatoms. The van der Waals surface area contributed by atoms with Crippen LogP contribution in [-0.4, -0.2) is 31.4 Å². The lowest BCUT2D eigenvalue weighted by atomic mass is 10.1. The monoisotopic (exact) mass is 347 g/mol. The van der Waals surface area contributed by atoms with E-state index in [1.54, 1.807) is 0 Å². The lowest BCUT2D eigenvalue weighted by Crippen LogP contribution is -2.26. The van der Waals surface area contributed by atoms with Crippen molar-refractivity contribution in [2.45, 2.75) is 44.2 Å². The van der Waals surface area contributed by atoms with Crippen molar-refractivity contribution >= 4 is 10.9 Å². The van der Waals surface area contributed by atoms with Crippen LogP contribution in [0, 0.1) is 0 Å². The van der Waals surface area contributed by atoms with Crippen LogP contribution in [0.5, 0.6) is 0 Å². The van der Waals surface area contributed by atoms with E-state index in [0.717, 1.165) is 48.7 Å². The molecule has 3 heterocycles. The van der Waals surface area contributed by atoms with E-state index in [-0.39, 0.29) is 11.6 Å². The first-order valence-corrected chi connectivity index (χ1v) is 9.32. The second-order valence-electron chi connectivity index (χ2n) is 7.32. The highest BCUT2D eigenvalue weighted by Gasteiger charge is 2.29. The second kappa shape index (κ2) is 6.29. The molecule has 1 aliphatic heterocycles. The van der Waals surface area contributed by atoms with E-state index in [9.17, 15) is 4.79 Å². The summed E-state index contributed by atoms with van der Waals surface area (Å²) >= 11 is 0. The van der Waals surface area contributed by atoms with Gasteiger partial charge in [-0.15, -0.1) is 0 Å². The molecule has 1 unspecified atom stereocenters. The Labute approximate surface area is 151 Å². The van der Waals surface area contributed by atoms with E-state index in [0.29, 0.717) is 11.3 Å². The van der Waals surface area contributed by atoms with Crippen LogP contribution in [-0.2, 0) is 6.54 Å². The van der Waals surface area contributed by atoms with Gasteiger partial charge in [-0.2, -0.15) is 0 Å². The summed E-state index contributed by atoms with van der Waals surface area (Å²) in [6.45, 7) is 1.78. The summed E-state index contributed by atoms with van der Waals surface area (Å²) in [7, 11) is 0. The molecule has 0 radical (unpaired) electrons. The molecule has 0 spiro atoms. The van der Waals surface area contributed by atoms with Crippen molar-refractivity contribution in [1.82, 2.24) is 24.8 Å². The van der Waals surface area contributed by atoms with Gasteiger partial charge in [-0.3, -0.25) is 9.69 Å². The number of fused-ring (bicyclic) bond motifs is 1. The Kier molecular flexibility index (Phi) is 3.78. The third-order valence-electron chi connectivity index (χ3n) is 5.36. The van der Waals surface area contributed by atoms with Crippen LogP contribution in [0.15, 0.2) is 41.5 Å². The average Bonchev–Trinajstić information content (AvgIpc) is 3.41. The lowest BCUT2D eigenvalue weighted by molar-refractivity contribution is 0.239. The maximum absolute atomic E-state index is 12.4. The molecule has 1 aromatic carbocycles. The van der Waals surface area contributed by atoms with Crippen LogP contribution in [0.3, 0.4) is 0 Å². The summed E-state index contributed by atoms with van der Waals surface area (Å²) in [5, 5.41) is 0.643. The van der Waals surface area contributed by atoms with E-state index < -0.39 is 0 Å². The Balaban J connectivity index is 1.40. The number of hydrogen-bond acceptors (Lipinski definition) is 5. The summed E-state index contributed by atoms with van der Waals surface area (Å²) in [5.74, 6) is 2.32. The van der Waals surface area contributed by atoms with Crippen molar-refractivity contribution < 1.29 is 0 Å². The Morgan fingerprint density at radius 1 is 1.12 bits per heavy atom. The first-order chi connectivity index (χ1) is 12.8. The minimum absolute atomic E-state index is 0.0606. The van der Waals surface area contributed by atoms with Crippen molar-refractivity contribution in [1.29, 1.82) is 0 Å². The van der Waals surface area contributed by atoms with Gasteiger partial charge in [0.1, 0.15) is 11.6 Å². The molecule has 1 N–H and O–H groups in total. The maximum atomic E-state index is 12.4. The number of nitrogens with one attached hydrogen (secondary N) is 1. The number of aromatic amines is 1. The molecule has 5 rings (SSSR count). The molecule has 3 aromatic rings. The van der Waals surface area contributed by atoms with Gasteiger partial charge in [-0.25, -0.2) is 15.0 Å². The number of nitrogens with zero attached hydrogens (tertiary/aromatic N) is 4. The number of likely N-dealkylation sites (tertiary alicyclic amines) is 1. The summed E-state index contributed by atoms with van der Waals surface area (Å²) in [6, 6.07) is 7.64. The molecule has 1 aliphatic carbocycles. The second-order valence-corrected chi connectivity index (χ2v) is 7.32. The van der Waals surface area contributed by atoms with E-state index >= 15 is 0 Å². The molecular weight excluding hydrogens is 326 g/mol. The molecule has 6 nitrogen and oxygen atoms in total. The molecule has 2 aromatic heterocycles. The molecule has 1 atom stereocenters. The fourth-order valence-electron chi connectivity index (χ4n) is 3.82. The minimum atomic E-state index is -0.0606. The van der Waals surface area contributed by atoms with Gasteiger partial charge in [0.05, 0.1) is 16.9 Å². The molecule has 0 amide bonds. The van der Waals surface area contributed by atoms with Gasteiger partial charge >= 0.3 is 0 Å². The van der Waals surface area contributed by atoms with Crippen LogP contribution in [0.1, 0.15) is 54.9 Å². The topological polar surface area (TPSA) is 74.8 Å². The van der Waals surface area contributed by atoms with Crippen molar-refractivity contribution in [2.24, 2.45) is 0 Å². The number of hydrogen-bond donors (Lipinski definition) is 1. The van der Waals surface area contributed by atoms with Crippen LogP contribution in [0.2, 0.25) is 0 Å². The Morgan fingerprint density at radius 3 is 2.73 bits per heavy atom. The third kappa shape index (κ3) is 2.90. The summed E-state index contributed by atoms with van der Waals surface area (Å²) in [4.78, 5) is 31.5. The summed E-state index contributed by atoms with van der Waals surface area (Å²) in [6.07, 6.45) is 8.44. The molecule has 2 fully saturated rings. The number of benzene rings is 1. The Hall–Kier alpha value is -2.60. The van der Waals surface area contributed by atoms with Crippen LogP contribution in [0.4, 0.5) is 0 Å². The number of H-pyrrole nitrogens is 1. The zero-order valence-electron chi connectivity index (χ0n) is 14.6. The highest BCUT2D eigenvalue weighted by molar-refractivity contribution is 5.77. The molecule has 1 saturated heterocycles. The van der Waals surface area contributed by atoms with Gasteiger partial charge < -0.3 is 4.98 Å². The van der Waals surface area contributed by atoms with Gasteiger partial charge in [0.15, 0.2) is 0 Å². The fourth-order valence-corrected chi connectivity index (χ4v) is 3.82. The first kappa shape index (κ1) is 15.6. The average molecular weight is 347 g/mol. The normalized spacial score (nSPS) is 20.7. The fraction of sp³-hybridized carbons (Fsp3) is 0.400. The van der Waals surface area contributed by atoms with Gasteiger partial charge in [-0.05, 0) is 44.4 Å². The van der Waals surface area contributed by atoms with Crippen molar-refractivity contribution in [3.8, 4) is 0 Å². The zero-order valence-corrected chi connectivity index (χ0v) is 14.6. The number of aromatic nitrogens is 4. The summed E-state index contributed by atoms with van der Waals surface area (Å²) in [5.41, 5.74) is 1.81. The van der Waals surface area contributed by atoms with E-state index in [2.05, 4.69) is 19.9 Å². The van der Waals surface area contributed by atoms with Gasteiger partial charge in [0, 0.05) is 30.4 Å². The first-order valence-electron chi connectivity index (χ1n) is 9.32. The maximum Gasteiger partial charge on any atom is 0.258 e. The Bertz CT molecular complexity index is 993. The smallest absolute Gasteiger partial charge is 0.258 e. The molecule has 2 aliphatic rings. The molecule has 1 saturated carbocycles. The largest absolute Gasteiger partial charge is 0.309 e. The minimum Gasteiger partial charge on any atom is -0.309 e. The van der Waals surface area contributed by atoms with Crippen molar-refractivity contribution in [2.75, 3.05) is 6.54 Å². The van der Waals surface area contributed by atoms with Gasteiger partial charge in [0.25, 0.3) is 5.56 Å². The third-order valence-corrected chi connectivity index (χ3v) is 5.36. The molecule has 0 bridgehead atoms. The zero-order chi connectivity index (χ0) is 17.5. The number of para-hydroxylation sites is 1. The van der Waals surface area contributed by atoms with Crippen molar-refractivity contribution in [3.05, 3.63) is 64.2 Å². The van der Waals surface area contributed by atoms with E-state index in [1.807, 2.05) is 36.7 Å². The highest BCUT2D eigenvalue weighted by atomic mass is 16.1. The highest BCUT2D eigenvalue weighted by Crippen LogP contribution is 2.37. The molecule has 132 valence electrons. The lowest BCUT2D eigenvalue weighted by Gasteiger charge is -2.23. The molecule has 26 heavy (non-hydrogen) atoms. The van der Waals surface area contributed by atoms with E-state index in [1.165, 1.54) is 12.8 Å². The number of rotatable bonds is 4. The summed E-state index contributed by atoms with van der Waals surface area (Å²) < 4.78 is 0. The quantitative estimate of drug-likeness (QED) is 0.785. The van der Waals surface area contributed by atoms with Crippen LogP contribution in [0.25, 0.3) is 10.9 Å². The SMILES string of the molecule is O=c1[nH]c(C2CCCN2Cc2cnc(C3CC3)nc2)nc2ccccc12. The van der Waals surface area contributed by atoms with Crippen LogP contribution >= 0.6 is 0 Å².